The Morgan fingerprint density at radius 1 is 1.00 bits per heavy atom. The van der Waals surface area contributed by atoms with Crippen molar-refractivity contribution in [1.82, 2.24) is 25.4 Å². The molecule has 0 aliphatic rings. The highest BCUT2D eigenvalue weighted by Crippen LogP contribution is 2.19. The van der Waals surface area contributed by atoms with Gasteiger partial charge in [0.2, 0.25) is 5.89 Å². The van der Waals surface area contributed by atoms with Gasteiger partial charge >= 0.3 is 0 Å². The number of aromatic nitrogens is 3. The zero-order chi connectivity index (χ0) is 22.3. The minimum Gasteiger partial charge on any atom is -0.497 e. The molecule has 0 spiro atoms. The molecule has 2 N–H and O–H groups in total. The van der Waals surface area contributed by atoms with Crippen LogP contribution in [0.5, 0.6) is 5.75 Å². The molecule has 0 amide bonds. The normalized spacial score (nSPS) is 11.4. The lowest BCUT2D eigenvalue weighted by Crippen LogP contribution is -2.36. The highest BCUT2D eigenvalue weighted by atomic mass is 16.5. The maximum absolute atomic E-state index is 5.61. The highest BCUT2D eigenvalue weighted by molar-refractivity contribution is 5.79. The molecule has 2 aromatic heterocycles. The first-order valence-electron chi connectivity index (χ1n) is 10.3. The molecule has 0 saturated heterocycles. The lowest BCUT2D eigenvalue weighted by Gasteiger charge is -2.09. The first-order chi connectivity index (χ1) is 15.6. The van der Waals surface area contributed by atoms with E-state index in [1.807, 2.05) is 65.5 Å². The van der Waals surface area contributed by atoms with Gasteiger partial charge < -0.3 is 19.8 Å². The summed E-state index contributed by atoms with van der Waals surface area (Å²) >= 11 is 0. The minimum atomic E-state index is 0.495. The van der Waals surface area contributed by atoms with E-state index in [0.29, 0.717) is 24.9 Å². The number of guanidine groups is 1. The summed E-state index contributed by atoms with van der Waals surface area (Å²) in [5.41, 5.74) is 4.82. The van der Waals surface area contributed by atoms with Crippen LogP contribution in [0.2, 0.25) is 0 Å². The lowest BCUT2D eigenvalue weighted by molar-refractivity contribution is 0.414. The van der Waals surface area contributed by atoms with E-state index in [4.69, 9.17) is 9.15 Å². The van der Waals surface area contributed by atoms with E-state index in [0.717, 1.165) is 28.4 Å². The van der Waals surface area contributed by atoms with Gasteiger partial charge in [-0.05, 0) is 49.4 Å². The molecule has 2 heterocycles. The molecule has 0 saturated carbocycles. The number of hydrogen-bond acceptors (Lipinski definition) is 5. The Labute approximate surface area is 187 Å². The van der Waals surface area contributed by atoms with E-state index in [-0.39, 0.29) is 0 Å². The number of rotatable bonds is 7. The largest absolute Gasteiger partial charge is 0.497 e. The lowest BCUT2D eigenvalue weighted by atomic mass is 10.1. The van der Waals surface area contributed by atoms with E-state index in [1.54, 1.807) is 20.4 Å². The first-order valence-corrected chi connectivity index (χ1v) is 10.3. The average molecular weight is 431 g/mol. The molecule has 0 radical (unpaired) electrons. The van der Waals surface area contributed by atoms with Crippen molar-refractivity contribution in [2.24, 2.45) is 4.99 Å². The van der Waals surface area contributed by atoms with Crippen molar-refractivity contribution in [2.45, 2.75) is 20.0 Å². The second kappa shape index (κ2) is 9.82. The third kappa shape index (κ3) is 5.15. The van der Waals surface area contributed by atoms with Crippen LogP contribution < -0.4 is 15.4 Å². The van der Waals surface area contributed by atoms with E-state index in [2.05, 4.69) is 32.6 Å². The molecule has 2 aromatic carbocycles. The molecule has 0 aliphatic carbocycles. The van der Waals surface area contributed by atoms with Crippen molar-refractivity contribution >= 4 is 5.96 Å². The molecule has 8 heteroatoms. The molecule has 0 fully saturated rings. The summed E-state index contributed by atoms with van der Waals surface area (Å²) in [6.45, 7) is 3.09. The standard InChI is InChI=1S/C24H26N6O2/c1-17-4-6-18(7-5-17)23-28-20(16-32-23)15-27-24(25-2)26-14-19-12-13-30(29-19)21-8-10-22(31-3)11-9-21/h4-13,16H,14-15H2,1-3H3,(H2,25,26,27). The Morgan fingerprint density at radius 2 is 1.72 bits per heavy atom. The van der Waals surface area contributed by atoms with Crippen LogP contribution in [0, 0.1) is 6.92 Å². The summed E-state index contributed by atoms with van der Waals surface area (Å²) in [4.78, 5) is 8.81. The van der Waals surface area contributed by atoms with Gasteiger partial charge in [0.15, 0.2) is 5.96 Å². The number of benzene rings is 2. The van der Waals surface area contributed by atoms with Crippen molar-refractivity contribution in [1.29, 1.82) is 0 Å². The van der Waals surface area contributed by atoms with Crippen LogP contribution in [-0.4, -0.2) is 34.9 Å². The zero-order valence-corrected chi connectivity index (χ0v) is 18.4. The summed E-state index contributed by atoms with van der Waals surface area (Å²) in [7, 11) is 3.38. The number of aryl methyl sites for hydroxylation is 1. The van der Waals surface area contributed by atoms with Crippen LogP contribution in [-0.2, 0) is 13.1 Å². The molecular formula is C24H26N6O2. The molecular weight excluding hydrogens is 404 g/mol. The monoisotopic (exact) mass is 430 g/mol. The summed E-state index contributed by atoms with van der Waals surface area (Å²) in [6, 6.07) is 17.8. The Bertz CT molecular complexity index is 1180. The minimum absolute atomic E-state index is 0.495. The number of nitrogens with one attached hydrogen (secondary N) is 2. The third-order valence-corrected chi connectivity index (χ3v) is 4.93. The van der Waals surface area contributed by atoms with Gasteiger partial charge in [0.25, 0.3) is 0 Å². The van der Waals surface area contributed by atoms with Crippen molar-refractivity contribution in [3.8, 4) is 22.9 Å². The number of oxazole rings is 1. The van der Waals surface area contributed by atoms with Gasteiger partial charge in [0.1, 0.15) is 12.0 Å². The summed E-state index contributed by atoms with van der Waals surface area (Å²) in [6.07, 6.45) is 3.59. The van der Waals surface area contributed by atoms with Crippen molar-refractivity contribution in [2.75, 3.05) is 14.2 Å². The van der Waals surface area contributed by atoms with E-state index < -0.39 is 0 Å². The maximum atomic E-state index is 5.61. The van der Waals surface area contributed by atoms with E-state index >= 15 is 0 Å². The number of hydrogen-bond donors (Lipinski definition) is 2. The zero-order valence-electron chi connectivity index (χ0n) is 18.4. The van der Waals surface area contributed by atoms with Gasteiger partial charge in [-0.25, -0.2) is 9.67 Å². The van der Waals surface area contributed by atoms with Crippen LogP contribution in [0.1, 0.15) is 17.0 Å². The molecule has 0 aliphatic heterocycles. The molecule has 164 valence electrons. The molecule has 0 unspecified atom stereocenters. The van der Waals surface area contributed by atoms with Crippen molar-refractivity contribution < 1.29 is 9.15 Å². The first kappa shape index (κ1) is 21.2. The molecule has 0 atom stereocenters. The second-order valence-corrected chi connectivity index (χ2v) is 7.24. The van der Waals surface area contributed by atoms with Crippen LogP contribution in [0.4, 0.5) is 0 Å². The summed E-state index contributed by atoms with van der Waals surface area (Å²) < 4.78 is 12.6. The van der Waals surface area contributed by atoms with E-state index in [1.165, 1.54) is 5.56 Å². The predicted octanol–water partition coefficient (Wildman–Crippen LogP) is 3.71. The van der Waals surface area contributed by atoms with Gasteiger partial charge in [-0.15, -0.1) is 0 Å². The van der Waals surface area contributed by atoms with Crippen LogP contribution in [0.3, 0.4) is 0 Å². The molecule has 8 nitrogen and oxygen atoms in total. The molecule has 4 rings (SSSR count). The fourth-order valence-corrected chi connectivity index (χ4v) is 3.12. The summed E-state index contributed by atoms with van der Waals surface area (Å²) in [5, 5.41) is 11.1. The number of methoxy groups -OCH3 is 1. The van der Waals surface area contributed by atoms with Gasteiger partial charge in [0.05, 0.1) is 37.3 Å². The van der Waals surface area contributed by atoms with Crippen molar-refractivity contribution in [3.63, 3.8) is 0 Å². The number of aliphatic imine (C=N–C) groups is 1. The smallest absolute Gasteiger partial charge is 0.226 e. The Kier molecular flexibility index (Phi) is 6.50. The van der Waals surface area contributed by atoms with Crippen LogP contribution >= 0.6 is 0 Å². The molecule has 32 heavy (non-hydrogen) atoms. The topological polar surface area (TPSA) is 89.5 Å². The predicted molar refractivity (Wildman–Crippen MR) is 124 cm³/mol. The Balaban J connectivity index is 1.30. The van der Waals surface area contributed by atoms with Gasteiger partial charge in [-0.2, -0.15) is 5.10 Å². The number of nitrogens with zero attached hydrogens (tertiary/aromatic N) is 4. The Morgan fingerprint density at radius 3 is 2.41 bits per heavy atom. The fourth-order valence-electron chi connectivity index (χ4n) is 3.12. The SMILES string of the molecule is CN=C(NCc1coc(-c2ccc(C)cc2)n1)NCc1ccn(-c2ccc(OC)cc2)n1. The Hall–Kier alpha value is -4.07. The molecule has 0 bridgehead atoms. The fraction of sp³-hybridized carbons (Fsp3) is 0.208. The third-order valence-electron chi connectivity index (χ3n) is 4.93. The van der Waals surface area contributed by atoms with Gasteiger partial charge in [0, 0.05) is 18.8 Å². The van der Waals surface area contributed by atoms with Crippen molar-refractivity contribution in [3.05, 3.63) is 84.0 Å². The van der Waals surface area contributed by atoms with Gasteiger partial charge in [-0.3, -0.25) is 4.99 Å². The van der Waals surface area contributed by atoms with Gasteiger partial charge in [-0.1, -0.05) is 17.7 Å². The average Bonchev–Trinajstić information content (AvgIpc) is 3.50. The quantitative estimate of drug-likeness (QED) is 0.343. The second-order valence-electron chi connectivity index (χ2n) is 7.24. The van der Waals surface area contributed by atoms with E-state index in [9.17, 15) is 0 Å². The summed E-state index contributed by atoms with van der Waals surface area (Å²) in [5.74, 6) is 2.08. The number of ether oxygens (including phenoxy) is 1. The molecule has 4 aromatic rings. The highest BCUT2D eigenvalue weighted by Gasteiger charge is 2.08. The van der Waals surface area contributed by atoms with Crippen LogP contribution in [0.15, 0.2) is 76.5 Å². The van der Waals surface area contributed by atoms with Crippen LogP contribution in [0.25, 0.3) is 17.1 Å². The maximum Gasteiger partial charge on any atom is 0.226 e.